The maximum absolute atomic E-state index is 2.29. The van der Waals surface area contributed by atoms with E-state index in [-0.39, 0.29) is 18.6 Å². The first kappa shape index (κ1) is 11.2. The van der Waals surface area contributed by atoms with E-state index in [1.807, 2.05) is 0 Å². The Labute approximate surface area is 71.5 Å². The quantitative estimate of drug-likeness (QED) is 0.409. The summed E-state index contributed by atoms with van der Waals surface area (Å²) in [7, 11) is 0. The van der Waals surface area contributed by atoms with Crippen LogP contribution in [0, 0.1) is 4.43 Å². The Morgan fingerprint density at radius 2 is 2.14 bits per heavy atom. The van der Waals surface area contributed by atoms with Crippen LogP contribution >= 0.6 is 22.6 Å². The van der Waals surface area contributed by atoms with E-state index in [9.17, 15) is 0 Å². The van der Waals surface area contributed by atoms with E-state index in [4.69, 9.17) is 0 Å². The Morgan fingerprint density at radius 1 is 1.57 bits per heavy atom. The maximum atomic E-state index is 2.29. The molecule has 0 fully saturated rings. The van der Waals surface area contributed by atoms with Gasteiger partial charge in [0.15, 0.2) is 0 Å². The molecule has 0 saturated heterocycles. The summed E-state index contributed by atoms with van der Waals surface area (Å²) < 4.78 is 2.18. The third-order valence-electron chi connectivity index (χ3n) is 0.667. The summed E-state index contributed by atoms with van der Waals surface area (Å²) in [4.78, 5) is 0. The summed E-state index contributed by atoms with van der Waals surface area (Å²) in [5.41, 5.74) is 0. The molecule has 2 heteroatoms. The second-order valence-corrected chi connectivity index (χ2v) is 2.18. The average molecular weight is 248 g/mol. The topological polar surface area (TPSA) is 0 Å². The minimum absolute atomic E-state index is 0. The van der Waals surface area contributed by atoms with Gasteiger partial charge < -0.3 is 22.6 Å². The fourth-order valence-electron chi connectivity index (χ4n) is 0.281. The predicted molar refractivity (Wildman–Crippen MR) is 37.8 cm³/mol. The summed E-state index contributed by atoms with van der Waals surface area (Å²) >= 11 is 2.29. The van der Waals surface area contributed by atoms with Crippen LogP contribution in [0.15, 0.2) is 0 Å². The van der Waals surface area contributed by atoms with Crippen molar-refractivity contribution in [2.45, 2.75) is 26.2 Å². The molecule has 0 aliphatic rings. The smallest absolute Gasteiger partial charge is 0 e. The Bertz CT molecular complexity index is 20.0. The van der Waals surface area contributed by atoms with Crippen molar-refractivity contribution in [2.75, 3.05) is 0 Å². The molecule has 0 atom stereocenters. The molecule has 0 unspecified atom stereocenters. The molecule has 0 aromatic rings. The average Bonchev–Trinajstić information content (AvgIpc) is 1.61. The van der Waals surface area contributed by atoms with E-state index in [1.165, 1.54) is 19.3 Å². The Hall–Kier alpha value is 1.31. The van der Waals surface area contributed by atoms with Gasteiger partial charge in [0, 0.05) is 18.6 Å². The van der Waals surface area contributed by atoms with E-state index in [2.05, 4.69) is 33.9 Å². The van der Waals surface area contributed by atoms with Crippen molar-refractivity contribution in [1.29, 1.82) is 0 Å². The molecule has 0 aliphatic heterocycles. The van der Waals surface area contributed by atoms with Crippen molar-refractivity contribution in [3.8, 4) is 0 Å². The van der Waals surface area contributed by atoms with Crippen LogP contribution in [0.2, 0.25) is 0 Å². The monoisotopic (exact) mass is 248 g/mol. The van der Waals surface area contributed by atoms with Gasteiger partial charge in [0.1, 0.15) is 0 Å². The molecule has 0 saturated carbocycles. The molecule has 0 aromatic carbocycles. The van der Waals surface area contributed by atoms with E-state index in [1.54, 1.807) is 0 Å². The van der Waals surface area contributed by atoms with Gasteiger partial charge in [-0.3, -0.25) is 4.43 Å². The third kappa shape index (κ3) is 11.1. The summed E-state index contributed by atoms with van der Waals surface area (Å²) in [5, 5.41) is 0. The SMILES string of the molecule is CCCC[CH-]I.[V]. The molecule has 0 bridgehead atoms. The molecule has 7 heavy (non-hydrogen) atoms. The van der Waals surface area contributed by atoms with E-state index >= 15 is 0 Å². The standard InChI is InChI=1S/C5H10I.V/c1-2-3-4-5-6;/h5H,2-4H2,1H3;/q-1;. The zero-order chi connectivity index (χ0) is 4.83. The molecule has 0 nitrogen and oxygen atoms in total. The number of halogens is 1. The van der Waals surface area contributed by atoms with Gasteiger partial charge in [-0.1, -0.05) is 19.8 Å². The first-order valence-corrected chi connectivity index (χ1v) is 3.58. The van der Waals surface area contributed by atoms with Crippen LogP contribution in [0.5, 0.6) is 0 Å². The normalized spacial score (nSPS) is 7.71. The van der Waals surface area contributed by atoms with E-state index in [0.29, 0.717) is 0 Å². The molecule has 0 aliphatic carbocycles. The van der Waals surface area contributed by atoms with E-state index in [0.717, 1.165) is 0 Å². The number of unbranched alkanes of at least 4 members (excludes halogenated alkanes) is 2. The van der Waals surface area contributed by atoms with Crippen LogP contribution in [-0.2, 0) is 18.6 Å². The third-order valence-corrected chi connectivity index (χ3v) is 1.29. The molecule has 0 heterocycles. The number of hydrogen-bond acceptors (Lipinski definition) is 0. The van der Waals surface area contributed by atoms with Crippen molar-refractivity contribution in [2.24, 2.45) is 0 Å². The van der Waals surface area contributed by atoms with Crippen molar-refractivity contribution in [3.05, 3.63) is 4.43 Å². The van der Waals surface area contributed by atoms with Crippen LogP contribution < -0.4 is 0 Å². The molecule has 0 rings (SSSR count). The van der Waals surface area contributed by atoms with Gasteiger partial charge in [-0.05, 0) is 0 Å². The minimum atomic E-state index is 0. The van der Waals surface area contributed by atoms with Crippen molar-refractivity contribution in [1.82, 2.24) is 0 Å². The van der Waals surface area contributed by atoms with Gasteiger partial charge in [0.2, 0.25) is 0 Å². The van der Waals surface area contributed by atoms with E-state index < -0.39 is 0 Å². The Balaban J connectivity index is 0. The fourth-order valence-corrected chi connectivity index (χ4v) is 0.722. The van der Waals surface area contributed by atoms with Crippen LogP contribution in [-0.4, -0.2) is 0 Å². The molecule has 0 amide bonds. The Kier molecular flexibility index (Phi) is 16.5. The molecule has 0 aromatic heterocycles. The second kappa shape index (κ2) is 10.3. The second-order valence-electron chi connectivity index (χ2n) is 1.30. The molecule has 43 valence electrons. The molecular weight excluding hydrogens is 238 g/mol. The van der Waals surface area contributed by atoms with Gasteiger partial charge in [0.25, 0.3) is 0 Å². The molecular formula is C5H10IV-. The zero-order valence-corrected chi connectivity index (χ0v) is 8.08. The van der Waals surface area contributed by atoms with Gasteiger partial charge >= 0.3 is 0 Å². The minimum Gasteiger partial charge on any atom is -0.316 e. The maximum Gasteiger partial charge on any atom is 0 e. The summed E-state index contributed by atoms with van der Waals surface area (Å²) in [5.74, 6) is 0. The van der Waals surface area contributed by atoms with Gasteiger partial charge in [-0.2, -0.15) is 6.42 Å². The van der Waals surface area contributed by atoms with Crippen LogP contribution in [0.3, 0.4) is 0 Å². The summed E-state index contributed by atoms with van der Waals surface area (Å²) in [6.07, 6.45) is 3.94. The number of hydrogen-bond donors (Lipinski definition) is 0. The molecule has 0 spiro atoms. The van der Waals surface area contributed by atoms with Crippen LogP contribution in [0.1, 0.15) is 26.2 Å². The van der Waals surface area contributed by atoms with Crippen molar-refractivity contribution < 1.29 is 18.6 Å². The van der Waals surface area contributed by atoms with Gasteiger partial charge in [-0.15, -0.1) is 0 Å². The Morgan fingerprint density at radius 3 is 2.29 bits per heavy atom. The van der Waals surface area contributed by atoms with Crippen LogP contribution in [0.25, 0.3) is 0 Å². The first-order chi connectivity index (χ1) is 2.91. The fraction of sp³-hybridized carbons (Fsp3) is 0.800. The molecule has 0 N–H and O–H groups in total. The van der Waals surface area contributed by atoms with Gasteiger partial charge in [-0.25, -0.2) is 0 Å². The predicted octanol–water partition coefficient (Wildman–Crippen LogP) is 2.77. The first-order valence-electron chi connectivity index (χ1n) is 2.33. The number of rotatable bonds is 3. The van der Waals surface area contributed by atoms with Crippen molar-refractivity contribution in [3.63, 3.8) is 0 Å². The van der Waals surface area contributed by atoms with Crippen molar-refractivity contribution >= 4 is 22.6 Å². The molecule has 1 radical (unpaired) electrons. The summed E-state index contributed by atoms with van der Waals surface area (Å²) in [6.45, 7) is 2.21. The largest absolute Gasteiger partial charge is 0.316 e. The van der Waals surface area contributed by atoms with Crippen LogP contribution in [0.4, 0.5) is 0 Å². The summed E-state index contributed by atoms with van der Waals surface area (Å²) in [6, 6.07) is 0. The zero-order valence-electron chi connectivity index (χ0n) is 4.52. The van der Waals surface area contributed by atoms with Gasteiger partial charge in [0.05, 0.1) is 0 Å².